The largest absolute Gasteiger partial charge is 0.372 e. The van der Waals surface area contributed by atoms with Crippen molar-refractivity contribution in [1.29, 1.82) is 0 Å². The normalized spacial score (nSPS) is 9.08. The second kappa shape index (κ2) is 7.28. The van der Waals surface area contributed by atoms with Crippen molar-refractivity contribution in [2.45, 2.75) is 6.61 Å². The predicted molar refractivity (Wildman–Crippen MR) is 49.7 cm³/mol. The zero-order valence-corrected chi connectivity index (χ0v) is 8.01. The van der Waals surface area contributed by atoms with Crippen molar-refractivity contribution in [3.8, 4) is 0 Å². The fourth-order valence-electron chi connectivity index (χ4n) is 0.623. The molecular formula is C7H10Cl2N2O. The third-order valence-corrected chi connectivity index (χ3v) is 1.23. The maximum absolute atomic E-state index is 5.40. The van der Waals surface area contributed by atoms with E-state index < -0.39 is 0 Å². The third-order valence-electron chi connectivity index (χ3n) is 1.07. The van der Waals surface area contributed by atoms with Gasteiger partial charge in [0.1, 0.15) is 6.61 Å². The molecule has 0 aromatic carbocycles. The fourth-order valence-corrected chi connectivity index (χ4v) is 0.732. The Morgan fingerprint density at radius 2 is 2.00 bits per heavy atom. The molecule has 0 fully saturated rings. The standard InChI is InChI=1S/C7H9ClN2O.ClH/c8-2-5-11-6-7-9-3-1-4-10-7;/h1,3-4H,2,5-6H2;1H. The van der Waals surface area contributed by atoms with Crippen LogP contribution in [0.4, 0.5) is 0 Å². The minimum atomic E-state index is 0. The van der Waals surface area contributed by atoms with E-state index in [1.54, 1.807) is 18.5 Å². The average molecular weight is 209 g/mol. The van der Waals surface area contributed by atoms with Crippen molar-refractivity contribution in [2.75, 3.05) is 12.5 Å². The molecule has 0 atom stereocenters. The molecule has 0 spiro atoms. The number of aromatic nitrogens is 2. The number of ether oxygens (including phenoxy) is 1. The Morgan fingerprint density at radius 3 is 2.58 bits per heavy atom. The van der Waals surface area contributed by atoms with Crippen molar-refractivity contribution < 1.29 is 4.74 Å². The first-order chi connectivity index (χ1) is 5.43. The van der Waals surface area contributed by atoms with E-state index in [1.807, 2.05) is 0 Å². The van der Waals surface area contributed by atoms with Gasteiger partial charge in [-0.3, -0.25) is 0 Å². The van der Waals surface area contributed by atoms with E-state index in [2.05, 4.69) is 9.97 Å². The smallest absolute Gasteiger partial charge is 0.153 e. The Kier molecular flexibility index (Phi) is 7.05. The molecule has 0 unspecified atom stereocenters. The minimum Gasteiger partial charge on any atom is -0.372 e. The number of hydrogen-bond donors (Lipinski definition) is 0. The molecule has 1 rings (SSSR count). The molecule has 0 aliphatic rings. The maximum atomic E-state index is 5.40. The van der Waals surface area contributed by atoms with Crippen LogP contribution in [-0.4, -0.2) is 22.5 Å². The zero-order valence-electron chi connectivity index (χ0n) is 6.44. The van der Waals surface area contributed by atoms with Gasteiger partial charge < -0.3 is 4.74 Å². The molecule has 0 saturated carbocycles. The van der Waals surface area contributed by atoms with Crippen molar-refractivity contribution >= 4 is 24.0 Å². The van der Waals surface area contributed by atoms with Gasteiger partial charge in [-0.15, -0.1) is 24.0 Å². The van der Waals surface area contributed by atoms with Gasteiger partial charge in [0.2, 0.25) is 0 Å². The Hall–Kier alpha value is -0.380. The second-order valence-electron chi connectivity index (χ2n) is 1.91. The summed E-state index contributed by atoms with van der Waals surface area (Å²) in [6, 6.07) is 1.77. The van der Waals surface area contributed by atoms with Gasteiger partial charge in [-0.2, -0.15) is 0 Å². The number of alkyl halides is 1. The highest BCUT2D eigenvalue weighted by Gasteiger charge is 1.92. The van der Waals surface area contributed by atoms with Crippen LogP contribution in [0.3, 0.4) is 0 Å². The van der Waals surface area contributed by atoms with Gasteiger partial charge in [0.25, 0.3) is 0 Å². The monoisotopic (exact) mass is 208 g/mol. The summed E-state index contributed by atoms with van der Waals surface area (Å²) in [6.45, 7) is 0.980. The molecule has 0 N–H and O–H groups in total. The summed E-state index contributed by atoms with van der Waals surface area (Å²) in [5, 5.41) is 0. The molecule has 3 nitrogen and oxygen atoms in total. The van der Waals surface area contributed by atoms with Crippen LogP contribution >= 0.6 is 24.0 Å². The predicted octanol–water partition coefficient (Wildman–Crippen LogP) is 1.65. The van der Waals surface area contributed by atoms with Crippen molar-refractivity contribution in [1.82, 2.24) is 9.97 Å². The first kappa shape index (κ1) is 11.6. The molecule has 68 valence electrons. The molecule has 0 radical (unpaired) electrons. The first-order valence-corrected chi connectivity index (χ1v) is 3.86. The first-order valence-electron chi connectivity index (χ1n) is 3.33. The van der Waals surface area contributed by atoms with Gasteiger partial charge in [0, 0.05) is 18.3 Å². The Balaban J connectivity index is 0.00000121. The summed E-state index contributed by atoms with van der Waals surface area (Å²) in [7, 11) is 0. The molecule has 0 aliphatic carbocycles. The molecule has 5 heteroatoms. The summed E-state index contributed by atoms with van der Waals surface area (Å²) in [4.78, 5) is 7.94. The SMILES string of the molecule is Cl.ClCCOCc1ncccn1. The highest BCUT2D eigenvalue weighted by molar-refractivity contribution is 6.17. The number of halogens is 2. The van der Waals surface area contributed by atoms with Crippen molar-refractivity contribution in [3.05, 3.63) is 24.3 Å². The van der Waals surface area contributed by atoms with E-state index in [1.165, 1.54) is 0 Å². The van der Waals surface area contributed by atoms with Crippen molar-refractivity contribution in [3.63, 3.8) is 0 Å². The van der Waals surface area contributed by atoms with Gasteiger partial charge in [-0.1, -0.05) is 0 Å². The molecule has 12 heavy (non-hydrogen) atoms. The van der Waals surface area contributed by atoms with Crippen LogP contribution in [0.2, 0.25) is 0 Å². The van der Waals surface area contributed by atoms with Crippen LogP contribution in [0.5, 0.6) is 0 Å². The van der Waals surface area contributed by atoms with Crippen LogP contribution in [0, 0.1) is 0 Å². The molecule has 0 bridgehead atoms. The van der Waals surface area contributed by atoms with E-state index in [4.69, 9.17) is 16.3 Å². The number of nitrogens with zero attached hydrogens (tertiary/aromatic N) is 2. The molecule has 0 amide bonds. The van der Waals surface area contributed by atoms with Crippen LogP contribution in [-0.2, 0) is 11.3 Å². The molecule has 0 aliphatic heterocycles. The van der Waals surface area contributed by atoms with E-state index >= 15 is 0 Å². The quantitative estimate of drug-likeness (QED) is 0.558. The molecule has 1 aromatic heterocycles. The summed E-state index contributed by atoms with van der Waals surface area (Å²) in [6.07, 6.45) is 3.37. The zero-order chi connectivity index (χ0) is 7.94. The minimum absolute atomic E-state index is 0. The van der Waals surface area contributed by atoms with Crippen LogP contribution < -0.4 is 0 Å². The topological polar surface area (TPSA) is 35.0 Å². The van der Waals surface area contributed by atoms with Crippen LogP contribution in [0.25, 0.3) is 0 Å². The number of rotatable bonds is 4. The lowest BCUT2D eigenvalue weighted by Gasteiger charge is -1.98. The lowest BCUT2D eigenvalue weighted by Crippen LogP contribution is -1.99. The van der Waals surface area contributed by atoms with E-state index in [0.29, 0.717) is 24.9 Å². The van der Waals surface area contributed by atoms with Gasteiger partial charge in [0.05, 0.1) is 6.61 Å². The Labute approximate surface area is 82.5 Å². The average Bonchev–Trinajstić information content (AvgIpc) is 2.07. The van der Waals surface area contributed by atoms with E-state index in [9.17, 15) is 0 Å². The Bertz CT molecular complexity index is 196. The highest BCUT2D eigenvalue weighted by atomic mass is 35.5. The summed E-state index contributed by atoms with van der Waals surface area (Å²) in [5.41, 5.74) is 0. The fraction of sp³-hybridized carbons (Fsp3) is 0.429. The van der Waals surface area contributed by atoms with Gasteiger partial charge >= 0.3 is 0 Å². The lowest BCUT2D eigenvalue weighted by atomic mass is 10.6. The van der Waals surface area contributed by atoms with E-state index in [0.717, 1.165) is 0 Å². The van der Waals surface area contributed by atoms with Gasteiger partial charge in [0.15, 0.2) is 5.82 Å². The summed E-state index contributed by atoms with van der Waals surface area (Å²) < 4.78 is 5.11. The summed E-state index contributed by atoms with van der Waals surface area (Å²) >= 11 is 5.40. The third kappa shape index (κ3) is 4.49. The molecule has 1 aromatic rings. The van der Waals surface area contributed by atoms with E-state index in [-0.39, 0.29) is 12.4 Å². The molecular weight excluding hydrogens is 199 g/mol. The molecule has 0 saturated heterocycles. The Morgan fingerprint density at radius 1 is 1.33 bits per heavy atom. The second-order valence-corrected chi connectivity index (χ2v) is 2.28. The van der Waals surface area contributed by atoms with Crippen molar-refractivity contribution in [2.24, 2.45) is 0 Å². The molecule has 1 heterocycles. The van der Waals surface area contributed by atoms with Gasteiger partial charge in [-0.05, 0) is 6.07 Å². The van der Waals surface area contributed by atoms with Gasteiger partial charge in [-0.25, -0.2) is 9.97 Å². The van der Waals surface area contributed by atoms with Crippen LogP contribution in [0.15, 0.2) is 18.5 Å². The highest BCUT2D eigenvalue weighted by Crippen LogP contribution is 1.90. The summed E-state index contributed by atoms with van der Waals surface area (Å²) in [5.74, 6) is 1.20. The van der Waals surface area contributed by atoms with Crippen LogP contribution in [0.1, 0.15) is 5.82 Å². The lowest BCUT2D eigenvalue weighted by molar-refractivity contribution is 0.130. The number of hydrogen-bond acceptors (Lipinski definition) is 3. The maximum Gasteiger partial charge on any atom is 0.153 e.